The molecule has 76 valence electrons. The SMILES string of the molecule is Fc1ccc(C/C=C/[B-](F)(F)F)cc1. The fraction of sp³-hybridized carbons (Fsp3) is 0.111. The second kappa shape index (κ2) is 4.31. The van der Waals surface area contributed by atoms with Crippen molar-refractivity contribution in [3.63, 3.8) is 0 Å². The fourth-order valence-electron chi connectivity index (χ4n) is 0.979. The van der Waals surface area contributed by atoms with Gasteiger partial charge in [0.25, 0.3) is 0 Å². The van der Waals surface area contributed by atoms with Crippen LogP contribution in [0.2, 0.25) is 0 Å². The van der Waals surface area contributed by atoms with E-state index < -0.39 is 12.8 Å². The van der Waals surface area contributed by atoms with Crippen LogP contribution in [0.3, 0.4) is 0 Å². The van der Waals surface area contributed by atoms with Gasteiger partial charge in [0.15, 0.2) is 0 Å². The molecule has 0 saturated carbocycles. The van der Waals surface area contributed by atoms with Crippen molar-refractivity contribution in [3.05, 3.63) is 47.7 Å². The number of rotatable bonds is 3. The summed E-state index contributed by atoms with van der Waals surface area (Å²) in [6.07, 6.45) is 1.20. The van der Waals surface area contributed by atoms with Crippen LogP contribution in [0.25, 0.3) is 0 Å². The number of allylic oxidation sites excluding steroid dienone is 1. The van der Waals surface area contributed by atoms with Gasteiger partial charge in [0, 0.05) is 0 Å². The van der Waals surface area contributed by atoms with Crippen molar-refractivity contribution in [2.24, 2.45) is 0 Å². The highest BCUT2D eigenvalue weighted by molar-refractivity contribution is 6.64. The van der Waals surface area contributed by atoms with Gasteiger partial charge in [-0.15, -0.1) is 12.1 Å². The van der Waals surface area contributed by atoms with E-state index in [0.29, 0.717) is 5.56 Å². The van der Waals surface area contributed by atoms with Crippen molar-refractivity contribution >= 4 is 6.98 Å². The Kier molecular flexibility index (Phi) is 3.33. The molecule has 0 amide bonds. The molecule has 0 aliphatic heterocycles. The minimum absolute atomic E-state index is 0.168. The molecule has 0 bridgehead atoms. The summed E-state index contributed by atoms with van der Waals surface area (Å²) in [6, 6.07) is 5.37. The van der Waals surface area contributed by atoms with Crippen LogP contribution in [0.15, 0.2) is 36.3 Å². The van der Waals surface area contributed by atoms with Crippen molar-refractivity contribution in [2.75, 3.05) is 0 Å². The molecule has 0 saturated heterocycles. The van der Waals surface area contributed by atoms with E-state index in [4.69, 9.17) is 0 Å². The summed E-state index contributed by atoms with van der Waals surface area (Å²) in [5.74, 6) is -0.152. The van der Waals surface area contributed by atoms with Crippen LogP contribution in [0.4, 0.5) is 17.3 Å². The van der Waals surface area contributed by atoms with E-state index in [1.807, 2.05) is 0 Å². The molecule has 0 aliphatic carbocycles. The first-order valence-corrected chi connectivity index (χ1v) is 4.09. The lowest BCUT2D eigenvalue weighted by Crippen LogP contribution is -2.09. The Balaban J connectivity index is 2.54. The van der Waals surface area contributed by atoms with Crippen LogP contribution in [-0.4, -0.2) is 6.98 Å². The molecule has 0 fully saturated rings. The highest BCUT2D eigenvalue weighted by Gasteiger charge is 2.16. The topological polar surface area (TPSA) is 0 Å². The Morgan fingerprint density at radius 3 is 2.14 bits per heavy atom. The summed E-state index contributed by atoms with van der Waals surface area (Å²) in [4.78, 5) is 0. The van der Waals surface area contributed by atoms with Crippen LogP contribution in [0.1, 0.15) is 5.56 Å². The van der Waals surface area contributed by atoms with Crippen molar-refractivity contribution in [3.8, 4) is 0 Å². The van der Waals surface area contributed by atoms with Gasteiger partial charge in [-0.1, -0.05) is 12.1 Å². The zero-order valence-corrected chi connectivity index (χ0v) is 7.26. The first-order chi connectivity index (χ1) is 6.47. The molecule has 0 radical (unpaired) electrons. The van der Waals surface area contributed by atoms with E-state index in [-0.39, 0.29) is 12.4 Å². The monoisotopic (exact) mass is 203 g/mol. The van der Waals surface area contributed by atoms with E-state index in [0.717, 1.165) is 6.08 Å². The maximum Gasteiger partial charge on any atom is 0.502 e. The van der Waals surface area contributed by atoms with E-state index >= 15 is 0 Å². The summed E-state index contributed by atoms with van der Waals surface area (Å²) in [5, 5.41) is 0. The lowest BCUT2D eigenvalue weighted by molar-refractivity contribution is 0.498. The number of halogens is 4. The molecular formula is C9H8BF4-. The maximum atomic E-state index is 12.4. The van der Waals surface area contributed by atoms with Crippen LogP contribution >= 0.6 is 0 Å². The second-order valence-corrected chi connectivity index (χ2v) is 2.88. The van der Waals surface area contributed by atoms with Crippen molar-refractivity contribution in [2.45, 2.75) is 6.42 Å². The van der Waals surface area contributed by atoms with Gasteiger partial charge < -0.3 is 12.9 Å². The molecule has 1 aromatic rings. The first-order valence-electron chi connectivity index (χ1n) is 4.09. The van der Waals surface area contributed by atoms with Gasteiger partial charge in [-0.25, -0.2) is 4.39 Å². The Bertz CT molecular complexity index is 313. The van der Waals surface area contributed by atoms with Crippen molar-refractivity contribution in [1.29, 1.82) is 0 Å². The van der Waals surface area contributed by atoms with E-state index in [1.54, 1.807) is 0 Å². The van der Waals surface area contributed by atoms with E-state index in [1.165, 1.54) is 24.3 Å². The molecule has 1 rings (SSSR count). The predicted octanol–water partition coefficient (Wildman–Crippen LogP) is 3.31. The summed E-state index contributed by atoms with van der Waals surface area (Å²) in [6.45, 7) is -4.86. The molecule has 0 nitrogen and oxygen atoms in total. The third-order valence-corrected chi connectivity index (χ3v) is 1.62. The van der Waals surface area contributed by atoms with Gasteiger partial charge in [0.2, 0.25) is 0 Å². The van der Waals surface area contributed by atoms with Gasteiger partial charge in [-0.05, 0) is 24.1 Å². The quantitative estimate of drug-likeness (QED) is 0.522. The lowest BCUT2D eigenvalue weighted by Gasteiger charge is -2.06. The zero-order valence-electron chi connectivity index (χ0n) is 7.26. The second-order valence-electron chi connectivity index (χ2n) is 2.88. The zero-order chi connectivity index (χ0) is 10.6. The average molecular weight is 203 g/mol. The summed E-state index contributed by atoms with van der Waals surface area (Å²) in [7, 11) is 0. The van der Waals surface area contributed by atoms with Crippen LogP contribution < -0.4 is 0 Å². The molecule has 14 heavy (non-hydrogen) atoms. The average Bonchev–Trinajstić information content (AvgIpc) is 2.06. The Morgan fingerprint density at radius 1 is 1.07 bits per heavy atom. The summed E-state index contributed by atoms with van der Waals surface area (Å²) >= 11 is 0. The van der Waals surface area contributed by atoms with Gasteiger partial charge >= 0.3 is 6.98 Å². The van der Waals surface area contributed by atoms with Crippen LogP contribution in [-0.2, 0) is 6.42 Å². The summed E-state index contributed by atoms with van der Waals surface area (Å²) in [5.41, 5.74) is 0.655. The predicted molar refractivity (Wildman–Crippen MR) is 48.3 cm³/mol. The maximum absolute atomic E-state index is 12.4. The minimum Gasteiger partial charge on any atom is -0.445 e. The smallest absolute Gasteiger partial charge is 0.445 e. The molecular weight excluding hydrogens is 195 g/mol. The molecule has 0 aliphatic rings. The Labute approximate surface area is 79.3 Å². The fourth-order valence-corrected chi connectivity index (χ4v) is 0.979. The Hall–Kier alpha value is -1.26. The van der Waals surface area contributed by atoms with E-state index in [9.17, 15) is 17.3 Å². The minimum atomic E-state index is -4.86. The first kappa shape index (κ1) is 10.8. The van der Waals surface area contributed by atoms with Crippen LogP contribution in [0, 0.1) is 5.82 Å². The van der Waals surface area contributed by atoms with Gasteiger partial charge in [-0.2, -0.15) is 0 Å². The van der Waals surface area contributed by atoms with Gasteiger partial charge in [0.1, 0.15) is 5.82 Å². The molecule has 0 atom stereocenters. The molecule has 0 heterocycles. The third kappa shape index (κ3) is 4.12. The lowest BCUT2D eigenvalue weighted by atomic mass is 9.91. The molecule has 0 aromatic heterocycles. The molecule has 0 spiro atoms. The molecule has 1 aromatic carbocycles. The van der Waals surface area contributed by atoms with Crippen molar-refractivity contribution < 1.29 is 17.3 Å². The summed E-state index contributed by atoms with van der Waals surface area (Å²) < 4.78 is 47.6. The van der Waals surface area contributed by atoms with Crippen LogP contribution in [0.5, 0.6) is 0 Å². The molecule has 5 heteroatoms. The molecule has 0 N–H and O–H groups in total. The Morgan fingerprint density at radius 2 is 1.64 bits per heavy atom. The van der Waals surface area contributed by atoms with Gasteiger partial charge in [-0.3, -0.25) is 0 Å². The van der Waals surface area contributed by atoms with Gasteiger partial charge in [0.05, 0.1) is 0 Å². The highest BCUT2D eigenvalue weighted by atomic mass is 19.4. The largest absolute Gasteiger partial charge is 0.502 e. The standard InChI is InChI=1S/C9H8BF4/c11-9-5-3-8(4-6-9)2-1-7-10(12,13)14/h1,3-7H,2H2/q-1/b7-1+. The van der Waals surface area contributed by atoms with E-state index in [2.05, 4.69) is 0 Å². The number of hydrogen-bond acceptors (Lipinski definition) is 0. The molecule has 0 unspecified atom stereocenters. The number of benzene rings is 1. The number of hydrogen-bond donors (Lipinski definition) is 0. The van der Waals surface area contributed by atoms with Crippen molar-refractivity contribution in [1.82, 2.24) is 0 Å². The highest BCUT2D eigenvalue weighted by Crippen LogP contribution is 2.11. The normalized spacial score (nSPS) is 12.3. The third-order valence-electron chi connectivity index (χ3n) is 1.62.